The van der Waals surface area contributed by atoms with Gasteiger partial charge in [-0.25, -0.2) is 9.97 Å². The molecule has 1 saturated heterocycles. The van der Waals surface area contributed by atoms with E-state index in [0.717, 1.165) is 69.0 Å². The molecule has 0 radical (unpaired) electrons. The Morgan fingerprint density at radius 3 is 2.25 bits per heavy atom. The fourth-order valence-corrected chi connectivity index (χ4v) is 9.88. The van der Waals surface area contributed by atoms with Gasteiger partial charge in [0.2, 0.25) is 29.6 Å². The molecule has 2 aliphatic rings. The van der Waals surface area contributed by atoms with E-state index in [4.69, 9.17) is 25.4 Å². The van der Waals surface area contributed by atoms with E-state index < -0.39 is 40.5 Å². The van der Waals surface area contributed by atoms with Crippen LogP contribution in [0, 0.1) is 12.8 Å². The molecule has 4 heterocycles. The number of nitrogens with zero attached hydrogens (tertiary/aromatic N) is 6. The summed E-state index contributed by atoms with van der Waals surface area (Å²) < 4.78 is 9.85. The number of likely N-dealkylation sites (tertiary alicyclic amines) is 1. The Kier molecular flexibility index (Phi) is 19.0. The van der Waals surface area contributed by atoms with Gasteiger partial charge in [0, 0.05) is 77.4 Å². The van der Waals surface area contributed by atoms with Crippen molar-refractivity contribution < 1.29 is 23.9 Å². The molecule has 400 valence electrons. The number of nitrogens with one attached hydrogen (secondary N) is 4. The van der Waals surface area contributed by atoms with Crippen LogP contribution in [-0.4, -0.2) is 90.4 Å². The summed E-state index contributed by atoms with van der Waals surface area (Å²) in [5, 5.41) is 12.4. The van der Waals surface area contributed by atoms with Crippen molar-refractivity contribution in [2.45, 2.75) is 136 Å². The molecule has 4 aromatic rings. The first-order valence-corrected chi connectivity index (χ1v) is 26.4. The molecule has 0 bridgehead atoms. The van der Waals surface area contributed by atoms with Gasteiger partial charge in [-0.2, -0.15) is 12.6 Å². The Labute approximate surface area is 447 Å². The summed E-state index contributed by atoms with van der Waals surface area (Å²) in [7, 11) is 1.87. The standard InChI is InChI=1S/C58H77N11O5S/c1-14-17-23-48(65-51(70)33-69-35(5)28-46(56(69)73)58(11,12)75)55(72)62-36(6)39(9)74-26-21-18-22-42-30-44(54(59)71)32-50-53(42)68(57(66-50)63-38(8)45-27-34(4)61-47(45)16-3)25-20-19-24-67-40(10)64-49-31-43(37(7)60-13)29-41(15-2)52(49)67/h14,19-20,29-32,36,46,48,60,75H,1,5,7-9,15-18,21-28,33H2,2-4,6,10-13H3,(H2,59,71)(H,62,72)(H,63,66)(H,65,70)/b20-19+/t36-,46?,48?/m0/s1. The van der Waals surface area contributed by atoms with Crippen molar-refractivity contribution in [2.75, 3.05) is 25.5 Å². The van der Waals surface area contributed by atoms with Crippen LogP contribution >= 0.6 is 12.6 Å². The monoisotopic (exact) mass is 1040 g/mol. The molecule has 2 aromatic heterocycles. The predicted molar refractivity (Wildman–Crippen MR) is 306 cm³/mol. The van der Waals surface area contributed by atoms with E-state index >= 15 is 0 Å². The summed E-state index contributed by atoms with van der Waals surface area (Å²) in [6.07, 6.45) is 11.3. The van der Waals surface area contributed by atoms with E-state index in [2.05, 4.69) is 114 Å². The van der Waals surface area contributed by atoms with E-state index in [1.807, 2.05) is 40.8 Å². The van der Waals surface area contributed by atoms with Gasteiger partial charge in [-0.05, 0) is 107 Å². The number of thiol groups is 1. The number of unbranched alkanes of at least 4 members (excludes halogenated alkanes) is 1. The van der Waals surface area contributed by atoms with E-state index in [1.165, 1.54) is 10.5 Å². The van der Waals surface area contributed by atoms with Crippen molar-refractivity contribution in [2.24, 2.45) is 16.6 Å². The van der Waals surface area contributed by atoms with Crippen LogP contribution < -0.4 is 27.0 Å². The number of aliphatic imine (C=N–C) groups is 1. The Morgan fingerprint density at radius 1 is 0.947 bits per heavy atom. The number of primary amides is 1. The average Bonchev–Trinajstić information content (AvgIpc) is 4.10. The minimum atomic E-state index is -0.889. The number of imidazole rings is 2. The number of hydrogen-bond acceptors (Lipinski definition) is 11. The first-order valence-electron chi connectivity index (χ1n) is 25.9. The molecule has 1 fully saturated rings. The van der Waals surface area contributed by atoms with Gasteiger partial charge in [0.1, 0.15) is 24.2 Å². The minimum absolute atomic E-state index is 0.214. The van der Waals surface area contributed by atoms with Crippen molar-refractivity contribution in [3.8, 4) is 0 Å². The maximum Gasteiger partial charge on any atom is 0.248 e. The van der Waals surface area contributed by atoms with Crippen LogP contribution in [0.25, 0.3) is 27.8 Å². The number of nitrogens with two attached hydrogens (primary N) is 1. The first-order chi connectivity index (χ1) is 35.6. The third-order valence-corrected chi connectivity index (χ3v) is 14.3. The van der Waals surface area contributed by atoms with Gasteiger partial charge in [0.15, 0.2) is 0 Å². The third kappa shape index (κ3) is 13.6. The van der Waals surface area contributed by atoms with Crippen LogP contribution in [-0.2, 0) is 45.1 Å². The maximum atomic E-state index is 13.6. The van der Waals surface area contributed by atoms with Gasteiger partial charge >= 0.3 is 0 Å². The fraction of sp³-hybridized carbons (Fsp3) is 0.431. The van der Waals surface area contributed by atoms with Crippen molar-refractivity contribution in [3.63, 3.8) is 0 Å². The lowest BCUT2D eigenvalue weighted by Gasteiger charge is -2.25. The number of aryl methyl sites for hydroxylation is 3. The van der Waals surface area contributed by atoms with Crippen LogP contribution in [0.15, 0.2) is 109 Å². The number of ether oxygens (including phenoxy) is 1. The summed E-state index contributed by atoms with van der Waals surface area (Å²) >= 11 is 4.59. The Morgan fingerprint density at radius 2 is 1.61 bits per heavy atom. The molecular formula is C58H77N11O5S. The van der Waals surface area contributed by atoms with E-state index in [-0.39, 0.29) is 12.5 Å². The van der Waals surface area contributed by atoms with Gasteiger partial charge in [-0.15, -0.1) is 6.58 Å². The van der Waals surface area contributed by atoms with Crippen LogP contribution in [0.1, 0.15) is 119 Å². The summed E-state index contributed by atoms with van der Waals surface area (Å²) in [4.78, 5) is 68.9. The molecule has 16 nitrogen and oxygen atoms in total. The summed E-state index contributed by atoms with van der Waals surface area (Å²) in [6, 6.07) is 6.37. The summed E-state index contributed by atoms with van der Waals surface area (Å²) in [5.41, 5.74) is 18.0. The van der Waals surface area contributed by atoms with Gasteiger partial charge in [0.05, 0.1) is 40.6 Å². The van der Waals surface area contributed by atoms with Crippen molar-refractivity contribution >= 4 is 75.7 Å². The van der Waals surface area contributed by atoms with Gasteiger partial charge in [-0.3, -0.25) is 24.2 Å². The normalized spacial score (nSPS) is 15.7. The van der Waals surface area contributed by atoms with Crippen LogP contribution in [0.3, 0.4) is 0 Å². The van der Waals surface area contributed by atoms with Crippen molar-refractivity contribution in [1.82, 2.24) is 40.0 Å². The molecule has 4 amide bonds. The Hall–Kier alpha value is -7.14. The zero-order chi connectivity index (χ0) is 54.9. The second kappa shape index (κ2) is 24.9. The Bertz CT molecular complexity index is 3020. The number of anilines is 1. The number of hydrogen-bond donors (Lipinski definition) is 6. The van der Waals surface area contributed by atoms with Crippen molar-refractivity contribution in [3.05, 3.63) is 132 Å². The molecule has 17 heteroatoms. The van der Waals surface area contributed by atoms with E-state index in [9.17, 15) is 19.2 Å². The summed E-state index contributed by atoms with van der Waals surface area (Å²) in [6.45, 7) is 35.4. The predicted octanol–water partition coefficient (Wildman–Crippen LogP) is 9.14. The maximum absolute atomic E-state index is 13.6. The number of allylic oxidation sites excluding steroid dienone is 6. The zero-order valence-corrected chi connectivity index (χ0v) is 46.1. The topological polar surface area (TPSA) is 203 Å². The van der Waals surface area contributed by atoms with Gasteiger partial charge in [-0.1, -0.05) is 72.2 Å². The van der Waals surface area contributed by atoms with Gasteiger partial charge < -0.3 is 45.8 Å². The second-order valence-electron chi connectivity index (χ2n) is 20.0. The number of carbonyl (C=O) groups is 4. The highest BCUT2D eigenvalue weighted by Gasteiger charge is 2.43. The fourth-order valence-electron chi connectivity index (χ4n) is 9.68. The molecular weight excluding hydrogens is 963 g/mol. The second-order valence-corrected chi connectivity index (χ2v) is 21.2. The smallest absolute Gasteiger partial charge is 0.248 e. The molecule has 0 saturated carbocycles. The number of amides is 4. The molecule has 2 aliphatic heterocycles. The van der Waals surface area contributed by atoms with Crippen LogP contribution in [0.5, 0.6) is 0 Å². The molecule has 3 atom stereocenters. The zero-order valence-electron chi connectivity index (χ0n) is 45.3. The molecule has 2 aromatic carbocycles. The molecule has 2 unspecified atom stereocenters. The molecule has 6 rings (SSSR count). The SMILES string of the molecule is C=CCCC(NC(=O)CN1C(=C)CC(C(C)(C)S)C1=O)C(=O)N[C@@H](C)C(=C)OCCCCc1cc(C(N)=O)cc2nc(NC(=C)C3=C(CC)N=C(C)C3)n(C/C=C/Cn3c(C)nc4cc(C(=C)NC)cc(CC)c43)c12. The lowest BCUT2D eigenvalue weighted by atomic mass is 9.93. The van der Waals surface area contributed by atoms with Crippen LogP contribution in [0.2, 0.25) is 0 Å². The number of rotatable bonds is 28. The lowest BCUT2D eigenvalue weighted by Crippen LogP contribution is -2.51. The highest BCUT2D eigenvalue weighted by Crippen LogP contribution is 2.38. The summed E-state index contributed by atoms with van der Waals surface area (Å²) in [5.74, 6) is -0.228. The molecule has 75 heavy (non-hydrogen) atoms. The largest absolute Gasteiger partial charge is 0.496 e. The Balaban J connectivity index is 1.15. The number of benzene rings is 2. The van der Waals surface area contributed by atoms with E-state index in [1.54, 1.807) is 19.1 Å². The van der Waals surface area contributed by atoms with E-state index in [0.29, 0.717) is 98.8 Å². The first kappa shape index (κ1) is 57.1. The molecule has 0 aliphatic carbocycles. The van der Waals surface area contributed by atoms with Gasteiger partial charge in [0.25, 0.3) is 0 Å². The quantitative estimate of drug-likeness (QED) is 0.0139. The number of carbonyl (C=O) groups excluding carboxylic acids is 4. The lowest BCUT2D eigenvalue weighted by molar-refractivity contribution is -0.135. The highest BCUT2D eigenvalue weighted by atomic mass is 32.1. The van der Waals surface area contributed by atoms with Crippen molar-refractivity contribution in [1.29, 1.82) is 0 Å². The minimum Gasteiger partial charge on any atom is -0.496 e. The highest BCUT2D eigenvalue weighted by molar-refractivity contribution is 7.81. The molecule has 0 spiro atoms. The number of aromatic nitrogens is 4. The third-order valence-electron chi connectivity index (χ3n) is 14.0. The average molecular weight is 1040 g/mol. The van der Waals surface area contributed by atoms with Crippen LogP contribution in [0.4, 0.5) is 5.95 Å². The molecule has 6 N–H and O–H groups in total. The number of fused-ring (bicyclic) bond motifs is 2.